The van der Waals surface area contributed by atoms with E-state index in [1.165, 1.54) is 6.07 Å². The number of rotatable bonds is 9. The van der Waals surface area contributed by atoms with E-state index in [1.807, 2.05) is 6.92 Å². The number of nitrogens with one attached hydrogen (secondary N) is 2. The van der Waals surface area contributed by atoms with Crippen LogP contribution in [0, 0.1) is 5.82 Å². The highest BCUT2D eigenvalue weighted by Crippen LogP contribution is 2.15. The number of guanidine groups is 1. The van der Waals surface area contributed by atoms with Crippen LogP contribution in [0.1, 0.15) is 25.3 Å². The topological polar surface area (TPSA) is 45.6 Å². The van der Waals surface area contributed by atoms with Crippen molar-refractivity contribution >= 4 is 45.9 Å². The molecule has 0 atom stereocenters. The van der Waals surface area contributed by atoms with Crippen LogP contribution in [0.4, 0.5) is 4.39 Å². The minimum atomic E-state index is -0.177. The van der Waals surface area contributed by atoms with Gasteiger partial charge in [-0.2, -0.15) is 0 Å². The number of unbranched alkanes of at least 4 members (excludes halogenated alkanes) is 1. The van der Waals surface area contributed by atoms with Crippen molar-refractivity contribution in [2.75, 3.05) is 33.4 Å². The molecule has 0 amide bonds. The first-order valence-electron chi connectivity index (χ1n) is 7.63. The number of hydrogen-bond acceptors (Lipinski definition) is 2. The smallest absolute Gasteiger partial charge is 0.190 e. The molecule has 0 fully saturated rings. The molecule has 0 spiro atoms. The number of ether oxygens (including phenoxy) is 1. The first-order chi connectivity index (χ1) is 10.7. The van der Waals surface area contributed by atoms with Gasteiger partial charge >= 0.3 is 0 Å². The van der Waals surface area contributed by atoms with Gasteiger partial charge in [0.1, 0.15) is 5.82 Å². The Balaban J connectivity index is 0.00000484. The van der Waals surface area contributed by atoms with E-state index in [2.05, 4.69) is 31.6 Å². The fraction of sp³-hybridized carbons (Fsp3) is 0.562. The minimum Gasteiger partial charge on any atom is -0.382 e. The zero-order valence-electron chi connectivity index (χ0n) is 13.7. The fourth-order valence-corrected chi connectivity index (χ4v) is 2.36. The maximum absolute atomic E-state index is 13.6. The molecule has 1 aromatic carbocycles. The molecule has 0 radical (unpaired) electrons. The summed E-state index contributed by atoms with van der Waals surface area (Å²) < 4.78 is 19.8. The van der Waals surface area contributed by atoms with E-state index < -0.39 is 0 Å². The lowest BCUT2D eigenvalue weighted by molar-refractivity contribution is 0.143. The number of halogens is 3. The molecule has 2 N–H and O–H groups in total. The molecule has 7 heteroatoms. The molecule has 0 aliphatic carbocycles. The van der Waals surface area contributed by atoms with Gasteiger partial charge < -0.3 is 15.4 Å². The number of nitrogens with zero attached hydrogens (tertiary/aromatic N) is 1. The summed E-state index contributed by atoms with van der Waals surface area (Å²) in [6.45, 7) is 5.04. The first-order valence-corrected chi connectivity index (χ1v) is 8.42. The summed E-state index contributed by atoms with van der Waals surface area (Å²) in [4.78, 5) is 4.15. The Morgan fingerprint density at radius 3 is 2.70 bits per heavy atom. The molecule has 0 heterocycles. The van der Waals surface area contributed by atoms with Crippen LogP contribution in [0.15, 0.2) is 27.7 Å². The van der Waals surface area contributed by atoms with E-state index >= 15 is 0 Å². The lowest BCUT2D eigenvalue weighted by Gasteiger charge is -2.12. The van der Waals surface area contributed by atoms with Crippen LogP contribution in [0.2, 0.25) is 0 Å². The van der Waals surface area contributed by atoms with Crippen molar-refractivity contribution in [2.45, 2.75) is 26.2 Å². The highest BCUT2D eigenvalue weighted by atomic mass is 127. The van der Waals surface area contributed by atoms with Gasteiger partial charge in [-0.25, -0.2) is 4.39 Å². The van der Waals surface area contributed by atoms with E-state index in [0.29, 0.717) is 18.5 Å². The van der Waals surface area contributed by atoms with E-state index in [4.69, 9.17) is 4.74 Å². The molecule has 1 aromatic rings. The van der Waals surface area contributed by atoms with Crippen molar-refractivity contribution < 1.29 is 9.13 Å². The predicted molar refractivity (Wildman–Crippen MR) is 108 cm³/mol. The third-order valence-electron chi connectivity index (χ3n) is 3.13. The molecule has 132 valence electrons. The summed E-state index contributed by atoms with van der Waals surface area (Å²) in [5.41, 5.74) is 0.689. The molecule has 1 rings (SSSR count). The molecule has 0 bridgehead atoms. The second kappa shape index (κ2) is 14.0. The zero-order valence-corrected chi connectivity index (χ0v) is 17.6. The van der Waals surface area contributed by atoms with Gasteiger partial charge in [-0.1, -0.05) is 15.9 Å². The van der Waals surface area contributed by atoms with Crippen LogP contribution < -0.4 is 10.6 Å². The van der Waals surface area contributed by atoms with Gasteiger partial charge in [0, 0.05) is 37.8 Å². The van der Waals surface area contributed by atoms with Gasteiger partial charge in [0.2, 0.25) is 0 Å². The van der Waals surface area contributed by atoms with Crippen molar-refractivity contribution in [1.29, 1.82) is 0 Å². The Kier molecular flexibility index (Phi) is 13.7. The lowest BCUT2D eigenvalue weighted by atomic mass is 10.1. The van der Waals surface area contributed by atoms with Gasteiger partial charge in [-0.15, -0.1) is 24.0 Å². The van der Waals surface area contributed by atoms with Crippen molar-refractivity contribution in [2.24, 2.45) is 4.99 Å². The van der Waals surface area contributed by atoms with Crippen molar-refractivity contribution in [3.63, 3.8) is 0 Å². The fourth-order valence-electron chi connectivity index (χ4n) is 1.95. The third-order valence-corrected chi connectivity index (χ3v) is 3.62. The summed E-state index contributed by atoms with van der Waals surface area (Å²) in [5, 5.41) is 6.43. The molecule has 0 aromatic heterocycles. The van der Waals surface area contributed by atoms with Crippen LogP contribution >= 0.6 is 39.9 Å². The second-order valence-corrected chi connectivity index (χ2v) is 5.73. The highest BCUT2D eigenvalue weighted by molar-refractivity contribution is 14.0. The molecule has 0 saturated heterocycles. The van der Waals surface area contributed by atoms with Gasteiger partial charge in [0.15, 0.2) is 5.96 Å². The molecule has 23 heavy (non-hydrogen) atoms. The molecule has 4 nitrogen and oxygen atoms in total. The SMILES string of the molecule is CCOCCCCNC(=NC)NCCc1cc(Br)ccc1F.I. The summed E-state index contributed by atoms with van der Waals surface area (Å²) in [5.74, 6) is 0.565. The predicted octanol–water partition coefficient (Wildman–Crippen LogP) is 3.73. The first kappa shape index (κ1) is 22.6. The zero-order chi connectivity index (χ0) is 16.2. The van der Waals surface area contributed by atoms with Crippen LogP contribution in [0.25, 0.3) is 0 Å². The van der Waals surface area contributed by atoms with Crippen molar-refractivity contribution in [3.8, 4) is 0 Å². The average molecular weight is 502 g/mol. The largest absolute Gasteiger partial charge is 0.382 e. The molecule has 0 aliphatic heterocycles. The van der Waals surface area contributed by atoms with E-state index in [1.54, 1.807) is 19.2 Å². The van der Waals surface area contributed by atoms with Gasteiger partial charge in [0.25, 0.3) is 0 Å². The monoisotopic (exact) mass is 501 g/mol. The van der Waals surface area contributed by atoms with Crippen LogP contribution in [0.3, 0.4) is 0 Å². The van der Waals surface area contributed by atoms with Crippen LogP contribution in [-0.2, 0) is 11.2 Å². The normalized spacial score (nSPS) is 11.0. The minimum absolute atomic E-state index is 0. The molecule has 0 saturated carbocycles. The summed E-state index contributed by atoms with van der Waals surface area (Å²) in [6, 6.07) is 4.99. The van der Waals surface area contributed by atoms with Gasteiger partial charge in [0.05, 0.1) is 0 Å². The molecular weight excluding hydrogens is 476 g/mol. The molecular formula is C16H26BrFIN3O. The van der Waals surface area contributed by atoms with E-state index in [-0.39, 0.29) is 29.8 Å². The van der Waals surface area contributed by atoms with Crippen molar-refractivity contribution in [1.82, 2.24) is 10.6 Å². The van der Waals surface area contributed by atoms with Crippen LogP contribution in [0.5, 0.6) is 0 Å². The summed E-state index contributed by atoms with van der Waals surface area (Å²) in [6.07, 6.45) is 2.67. The number of aliphatic imine (C=N–C) groups is 1. The molecule has 0 unspecified atom stereocenters. The molecule has 0 aliphatic rings. The quantitative estimate of drug-likeness (QED) is 0.234. The number of hydrogen-bond donors (Lipinski definition) is 2. The lowest BCUT2D eigenvalue weighted by Crippen LogP contribution is -2.38. The summed E-state index contributed by atoms with van der Waals surface area (Å²) in [7, 11) is 1.73. The Morgan fingerprint density at radius 2 is 2.00 bits per heavy atom. The Labute approximate surface area is 163 Å². The highest BCUT2D eigenvalue weighted by Gasteiger charge is 2.03. The van der Waals surface area contributed by atoms with Gasteiger partial charge in [-0.05, 0) is 49.9 Å². The Hall–Kier alpha value is -0.410. The van der Waals surface area contributed by atoms with Crippen LogP contribution in [-0.4, -0.2) is 39.3 Å². The third kappa shape index (κ3) is 10.1. The van der Waals surface area contributed by atoms with E-state index in [9.17, 15) is 4.39 Å². The van der Waals surface area contributed by atoms with Crippen molar-refractivity contribution in [3.05, 3.63) is 34.1 Å². The Bertz CT molecular complexity index is 475. The van der Waals surface area contributed by atoms with Gasteiger partial charge in [-0.3, -0.25) is 4.99 Å². The Morgan fingerprint density at radius 1 is 1.26 bits per heavy atom. The summed E-state index contributed by atoms with van der Waals surface area (Å²) >= 11 is 3.36. The average Bonchev–Trinajstić information content (AvgIpc) is 2.52. The number of benzene rings is 1. The maximum Gasteiger partial charge on any atom is 0.190 e. The standard InChI is InChI=1S/C16H25BrFN3O.HI/c1-3-22-11-5-4-9-20-16(19-2)21-10-8-13-12-14(17)6-7-15(13)18;/h6-7,12H,3-5,8-11H2,1-2H3,(H2,19,20,21);1H. The van der Waals surface area contributed by atoms with E-state index in [0.717, 1.165) is 43.0 Å². The second-order valence-electron chi connectivity index (χ2n) is 4.82. The maximum atomic E-state index is 13.6.